The Hall–Kier alpha value is -2.14. The topological polar surface area (TPSA) is 61.8 Å². The first-order chi connectivity index (χ1) is 10.8. The fourth-order valence-electron chi connectivity index (χ4n) is 2.01. The van der Waals surface area contributed by atoms with Crippen molar-refractivity contribution in [1.29, 1.82) is 0 Å². The highest BCUT2D eigenvalue weighted by Crippen LogP contribution is 2.24. The number of ether oxygens (including phenoxy) is 3. The number of rotatable bonds is 5. The van der Waals surface area contributed by atoms with Crippen molar-refractivity contribution >= 4 is 18.0 Å². The van der Waals surface area contributed by atoms with E-state index in [1.54, 1.807) is 0 Å². The Bertz CT molecular complexity index is 591. The smallest absolute Gasteiger partial charge is 0.348 e. The van der Waals surface area contributed by atoms with Gasteiger partial charge in [0.25, 0.3) is 5.79 Å². The summed E-state index contributed by atoms with van der Waals surface area (Å²) in [6, 6.07) is 7.45. The zero-order valence-electron chi connectivity index (χ0n) is 13.9. The van der Waals surface area contributed by atoms with Crippen LogP contribution < -0.4 is 0 Å². The molecule has 1 aliphatic heterocycles. The SMILES string of the molecule is CCC(C)OCc1ccc(C=C2C(=O)OC(C)(C)OC2=O)cc1. The lowest BCUT2D eigenvalue weighted by molar-refractivity contribution is -0.222. The average Bonchev–Trinajstić information content (AvgIpc) is 2.48. The maximum atomic E-state index is 11.9. The molecular formula is C18H22O5. The number of hydrogen-bond acceptors (Lipinski definition) is 5. The van der Waals surface area contributed by atoms with E-state index in [1.807, 2.05) is 31.2 Å². The fraction of sp³-hybridized carbons (Fsp3) is 0.444. The third kappa shape index (κ3) is 4.66. The number of carbonyl (C=O) groups excluding carboxylic acids is 2. The summed E-state index contributed by atoms with van der Waals surface area (Å²) in [5.41, 5.74) is 1.65. The lowest BCUT2D eigenvalue weighted by Crippen LogP contribution is -2.41. The van der Waals surface area contributed by atoms with Crippen LogP contribution in [0.2, 0.25) is 0 Å². The second-order valence-electron chi connectivity index (χ2n) is 6.01. The van der Waals surface area contributed by atoms with Gasteiger partial charge >= 0.3 is 11.9 Å². The molecule has 0 spiro atoms. The van der Waals surface area contributed by atoms with Crippen molar-refractivity contribution in [2.45, 2.75) is 52.6 Å². The van der Waals surface area contributed by atoms with Crippen LogP contribution in [0.3, 0.4) is 0 Å². The first kappa shape index (κ1) is 17.2. The summed E-state index contributed by atoms with van der Waals surface area (Å²) >= 11 is 0. The predicted octanol–water partition coefficient (Wildman–Crippen LogP) is 3.22. The van der Waals surface area contributed by atoms with Crippen LogP contribution >= 0.6 is 0 Å². The van der Waals surface area contributed by atoms with E-state index in [0.29, 0.717) is 6.61 Å². The molecule has 124 valence electrons. The standard InChI is InChI=1S/C18H22O5/c1-5-12(2)21-11-14-8-6-13(7-9-14)10-15-16(19)22-18(3,4)23-17(15)20/h6-10,12H,5,11H2,1-4H3. The van der Waals surface area contributed by atoms with Crippen molar-refractivity contribution in [3.8, 4) is 0 Å². The lowest BCUT2D eigenvalue weighted by Gasteiger charge is -2.29. The monoisotopic (exact) mass is 318 g/mol. The lowest BCUT2D eigenvalue weighted by atomic mass is 10.1. The zero-order valence-corrected chi connectivity index (χ0v) is 13.9. The summed E-state index contributed by atoms with van der Waals surface area (Å²) in [5.74, 6) is -2.56. The van der Waals surface area contributed by atoms with E-state index >= 15 is 0 Å². The van der Waals surface area contributed by atoms with Crippen LogP contribution in [-0.4, -0.2) is 23.8 Å². The van der Waals surface area contributed by atoms with Crippen molar-refractivity contribution < 1.29 is 23.8 Å². The van der Waals surface area contributed by atoms with E-state index in [0.717, 1.165) is 17.5 Å². The van der Waals surface area contributed by atoms with E-state index in [4.69, 9.17) is 14.2 Å². The molecule has 0 N–H and O–H groups in total. The van der Waals surface area contributed by atoms with Crippen LogP contribution in [0.5, 0.6) is 0 Å². The number of benzene rings is 1. The van der Waals surface area contributed by atoms with Crippen molar-refractivity contribution in [1.82, 2.24) is 0 Å². The van der Waals surface area contributed by atoms with Crippen LogP contribution in [-0.2, 0) is 30.4 Å². The van der Waals surface area contributed by atoms with E-state index in [-0.39, 0.29) is 11.7 Å². The van der Waals surface area contributed by atoms with Gasteiger partial charge in [0.05, 0.1) is 12.7 Å². The normalized spacial score (nSPS) is 18.2. The Kier molecular flexibility index (Phi) is 5.21. The second-order valence-corrected chi connectivity index (χ2v) is 6.01. The highest BCUT2D eigenvalue weighted by molar-refractivity contribution is 6.18. The molecule has 5 nitrogen and oxygen atoms in total. The Morgan fingerprint density at radius 3 is 2.22 bits per heavy atom. The van der Waals surface area contributed by atoms with Gasteiger partial charge in [0.15, 0.2) is 0 Å². The van der Waals surface area contributed by atoms with Gasteiger partial charge in [0.2, 0.25) is 0 Å². The molecule has 1 atom stereocenters. The molecule has 1 heterocycles. The minimum Gasteiger partial charge on any atom is -0.419 e. The van der Waals surface area contributed by atoms with Gasteiger partial charge < -0.3 is 14.2 Å². The average molecular weight is 318 g/mol. The summed E-state index contributed by atoms with van der Waals surface area (Å²) in [6.45, 7) is 7.67. The van der Waals surface area contributed by atoms with Gasteiger partial charge in [-0.3, -0.25) is 0 Å². The molecule has 5 heteroatoms. The van der Waals surface area contributed by atoms with Gasteiger partial charge in [-0.25, -0.2) is 9.59 Å². The molecule has 0 radical (unpaired) electrons. The Morgan fingerprint density at radius 2 is 1.70 bits per heavy atom. The highest BCUT2D eigenvalue weighted by atomic mass is 16.7. The Labute approximate surface area is 136 Å². The molecule has 0 bridgehead atoms. The van der Waals surface area contributed by atoms with Gasteiger partial charge in [-0.05, 0) is 30.5 Å². The van der Waals surface area contributed by atoms with Gasteiger partial charge in [0, 0.05) is 13.8 Å². The first-order valence-corrected chi connectivity index (χ1v) is 7.69. The zero-order chi connectivity index (χ0) is 17.0. The largest absolute Gasteiger partial charge is 0.419 e. The summed E-state index contributed by atoms with van der Waals surface area (Å²) in [4.78, 5) is 23.8. The molecule has 1 aromatic rings. The maximum Gasteiger partial charge on any atom is 0.348 e. The summed E-state index contributed by atoms with van der Waals surface area (Å²) < 4.78 is 15.8. The van der Waals surface area contributed by atoms with Gasteiger partial charge in [-0.2, -0.15) is 0 Å². The minimum atomic E-state index is -1.22. The molecule has 1 aromatic carbocycles. The molecule has 1 unspecified atom stereocenters. The van der Waals surface area contributed by atoms with Crippen molar-refractivity contribution in [3.63, 3.8) is 0 Å². The second kappa shape index (κ2) is 6.96. The molecule has 2 rings (SSSR count). The fourth-order valence-corrected chi connectivity index (χ4v) is 2.01. The number of esters is 2. The van der Waals surface area contributed by atoms with Crippen LogP contribution in [0, 0.1) is 0 Å². The van der Waals surface area contributed by atoms with Crippen molar-refractivity contribution in [3.05, 3.63) is 41.0 Å². The predicted molar refractivity (Wildman–Crippen MR) is 85.2 cm³/mol. The van der Waals surface area contributed by atoms with Gasteiger partial charge in [-0.1, -0.05) is 31.2 Å². The van der Waals surface area contributed by atoms with Crippen molar-refractivity contribution in [2.24, 2.45) is 0 Å². The number of hydrogen-bond donors (Lipinski definition) is 0. The molecule has 0 amide bonds. The molecule has 1 fully saturated rings. The summed E-state index contributed by atoms with van der Waals surface area (Å²) in [5, 5.41) is 0. The molecule has 0 saturated carbocycles. The molecular weight excluding hydrogens is 296 g/mol. The van der Waals surface area contributed by atoms with Crippen LogP contribution in [0.1, 0.15) is 45.2 Å². The Balaban J connectivity index is 2.08. The van der Waals surface area contributed by atoms with E-state index in [1.165, 1.54) is 19.9 Å². The summed E-state index contributed by atoms with van der Waals surface area (Å²) in [7, 11) is 0. The van der Waals surface area contributed by atoms with Gasteiger partial charge in [-0.15, -0.1) is 0 Å². The molecule has 1 saturated heterocycles. The van der Waals surface area contributed by atoms with Crippen LogP contribution in [0.25, 0.3) is 6.08 Å². The van der Waals surface area contributed by atoms with E-state index in [9.17, 15) is 9.59 Å². The van der Waals surface area contributed by atoms with Crippen LogP contribution in [0.15, 0.2) is 29.8 Å². The quantitative estimate of drug-likeness (QED) is 0.474. The minimum absolute atomic E-state index is 0.104. The van der Waals surface area contributed by atoms with Crippen LogP contribution in [0.4, 0.5) is 0 Å². The van der Waals surface area contributed by atoms with Gasteiger partial charge in [0.1, 0.15) is 5.57 Å². The molecule has 23 heavy (non-hydrogen) atoms. The molecule has 0 aliphatic carbocycles. The third-order valence-corrected chi connectivity index (χ3v) is 3.52. The van der Waals surface area contributed by atoms with Crippen molar-refractivity contribution in [2.75, 3.05) is 0 Å². The molecule has 0 aromatic heterocycles. The number of cyclic esters (lactones) is 2. The number of carbonyl (C=O) groups is 2. The van der Waals surface area contributed by atoms with E-state index < -0.39 is 17.7 Å². The first-order valence-electron chi connectivity index (χ1n) is 7.69. The Morgan fingerprint density at radius 1 is 1.13 bits per heavy atom. The molecule has 1 aliphatic rings. The maximum absolute atomic E-state index is 11.9. The highest BCUT2D eigenvalue weighted by Gasteiger charge is 2.38. The third-order valence-electron chi connectivity index (χ3n) is 3.52. The summed E-state index contributed by atoms with van der Waals surface area (Å²) in [6.07, 6.45) is 2.65. The van der Waals surface area contributed by atoms with E-state index in [2.05, 4.69) is 6.92 Å².